The molecule has 0 fully saturated rings. The maximum absolute atomic E-state index is 13.7. The van der Waals surface area contributed by atoms with Crippen LogP contribution in [-0.4, -0.2) is 39.5 Å². The molecule has 0 radical (unpaired) electrons. The molecule has 0 aliphatic heterocycles. The van der Waals surface area contributed by atoms with E-state index in [0.717, 1.165) is 23.1 Å². The van der Waals surface area contributed by atoms with Gasteiger partial charge in [0.2, 0.25) is 11.8 Å². The van der Waals surface area contributed by atoms with E-state index < -0.39 is 11.0 Å². The number of amides is 2. The van der Waals surface area contributed by atoms with Crippen molar-refractivity contribution in [2.45, 2.75) is 51.1 Å². The fourth-order valence-electron chi connectivity index (χ4n) is 3.88. The van der Waals surface area contributed by atoms with E-state index >= 15 is 0 Å². The summed E-state index contributed by atoms with van der Waals surface area (Å²) in [5.41, 5.74) is 2.58. The first-order valence-electron chi connectivity index (χ1n) is 12.6. The lowest BCUT2D eigenvalue weighted by Gasteiger charge is -2.32. The molecule has 0 spiro atoms. The number of nitro benzene ring substituents is 1. The number of nitrogens with one attached hydrogen (secondary N) is 1. The number of benzene rings is 3. The molecule has 0 saturated heterocycles. The molecule has 2 amide bonds. The first-order chi connectivity index (χ1) is 18.7. The van der Waals surface area contributed by atoms with E-state index in [4.69, 9.17) is 23.2 Å². The Hall–Kier alpha value is -3.07. The van der Waals surface area contributed by atoms with E-state index in [1.54, 1.807) is 35.2 Å². The van der Waals surface area contributed by atoms with Crippen molar-refractivity contribution >= 4 is 52.5 Å². The van der Waals surface area contributed by atoms with E-state index in [-0.39, 0.29) is 35.8 Å². The molecule has 39 heavy (non-hydrogen) atoms. The van der Waals surface area contributed by atoms with Crippen LogP contribution in [0.15, 0.2) is 72.8 Å². The van der Waals surface area contributed by atoms with Gasteiger partial charge in [0, 0.05) is 36.9 Å². The van der Waals surface area contributed by atoms with Crippen molar-refractivity contribution in [3.63, 3.8) is 0 Å². The Labute approximate surface area is 243 Å². The van der Waals surface area contributed by atoms with Gasteiger partial charge < -0.3 is 10.2 Å². The lowest BCUT2D eigenvalue weighted by molar-refractivity contribution is -0.384. The SMILES string of the molecule is CCC(C)NC(=O)C(Cc1ccccc1)N(Cc1ccc(Cl)c(Cl)c1)C(=O)CSCc1ccc([N+](=O)[O-])cc1. The van der Waals surface area contributed by atoms with Gasteiger partial charge in [-0.15, -0.1) is 11.8 Å². The van der Waals surface area contributed by atoms with Gasteiger partial charge in [0.15, 0.2) is 0 Å². The summed E-state index contributed by atoms with van der Waals surface area (Å²) in [5.74, 6) is 0.197. The second-order valence-electron chi connectivity index (χ2n) is 9.21. The highest BCUT2D eigenvalue weighted by atomic mass is 35.5. The average Bonchev–Trinajstić information content (AvgIpc) is 2.93. The quantitative estimate of drug-likeness (QED) is 0.177. The van der Waals surface area contributed by atoms with Crippen molar-refractivity contribution in [1.29, 1.82) is 0 Å². The molecule has 0 aromatic heterocycles. The van der Waals surface area contributed by atoms with Gasteiger partial charge in [0.05, 0.1) is 20.7 Å². The zero-order valence-corrected chi connectivity index (χ0v) is 24.1. The summed E-state index contributed by atoms with van der Waals surface area (Å²) < 4.78 is 0. The van der Waals surface area contributed by atoms with Crippen LogP contribution >= 0.6 is 35.0 Å². The zero-order valence-electron chi connectivity index (χ0n) is 21.8. The Kier molecular flexibility index (Phi) is 11.7. The van der Waals surface area contributed by atoms with Crippen LogP contribution < -0.4 is 5.32 Å². The number of rotatable bonds is 13. The van der Waals surface area contributed by atoms with Crippen LogP contribution in [-0.2, 0) is 28.3 Å². The molecule has 2 atom stereocenters. The van der Waals surface area contributed by atoms with Crippen molar-refractivity contribution in [1.82, 2.24) is 10.2 Å². The highest BCUT2D eigenvalue weighted by Crippen LogP contribution is 2.25. The fraction of sp³-hybridized carbons (Fsp3) is 0.310. The summed E-state index contributed by atoms with van der Waals surface area (Å²) in [7, 11) is 0. The lowest BCUT2D eigenvalue weighted by atomic mass is 10.0. The summed E-state index contributed by atoms with van der Waals surface area (Å²) in [6, 6.07) is 20.2. The minimum atomic E-state index is -0.747. The lowest BCUT2D eigenvalue weighted by Crippen LogP contribution is -2.52. The molecular formula is C29H31Cl2N3O4S. The highest BCUT2D eigenvalue weighted by molar-refractivity contribution is 7.99. The zero-order chi connectivity index (χ0) is 28.4. The van der Waals surface area contributed by atoms with Crippen molar-refractivity contribution < 1.29 is 14.5 Å². The molecule has 3 aromatic rings. The number of nitro groups is 1. The van der Waals surface area contributed by atoms with Crippen LogP contribution in [0.1, 0.15) is 37.0 Å². The van der Waals surface area contributed by atoms with Gasteiger partial charge in [-0.2, -0.15) is 0 Å². The Morgan fingerprint density at radius 2 is 1.64 bits per heavy atom. The van der Waals surface area contributed by atoms with Crippen molar-refractivity contribution in [2.24, 2.45) is 0 Å². The van der Waals surface area contributed by atoms with Crippen LogP contribution in [0.3, 0.4) is 0 Å². The molecule has 0 aliphatic carbocycles. The van der Waals surface area contributed by atoms with E-state index in [9.17, 15) is 19.7 Å². The molecule has 1 N–H and O–H groups in total. The normalized spacial score (nSPS) is 12.4. The molecule has 7 nitrogen and oxygen atoms in total. The Morgan fingerprint density at radius 1 is 0.974 bits per heavy atom. The number of carbonyl (C=O) groups excluding carboxylic acids is 2. The first-order valence-corrected chi connectivity index (χ1v) is 14.5. The Morgan fingerprint density at radius 3 is 2.26 bits per heavy atom. The Bertz CT molecular complexity index is 1280. The van der Waals surface area contributed by atoms with E-state index in [1.165, 1.54) is 23.9 Å². The molecule has 0 saturated carbocycles. The van der Waals surface area contributed by atoms with E-state index in [2.05, 4.69) is 5.32 Å². The highest BCUT2D eigenvalue weighted by Gasteiger charge is 2.31. The summed E-state index contributed by atoms with van der Waals surface area (Å²) >= 11 is 13.8. The molecular weight excluding hydrogens is 557 g/mol. The van der Waals surface area contributed by atoms with Gasteiger partial charge >= 0.3 is 0 Å². The van der Waals surface area contributed by atoms with Gasteiger partial charge in [-0.1, -0.05) is 78.7 Å². The van der Waals surface area contributed by atoms with Gasteiger partial charge in [0.25, 0.3) is 5.69 Å². The number of carbonyl (C=O) groups is 2. The van der Waals surface area contributed by atoms with Gasteiger partial charge in [-0.3, -0.25) is 19.7 Å². The third-order valence-electron chi connectivity index (χ3n) is 6.25. The largest absolute Gasteiger partial charge is 0.352 e. The monoisotopic (exact) mass is 587 g/mol. The predicted molar refractivity (Wildman–Crippen MR) is 158 cm³/mol. The minimum absolute atomic E-state index is 0.0173. The first kappa shape index (κ1) is 30.5. The van der Waals surface area contributed by atoms with Crippen molar-refractivity contribution in [2.75, 3.05) is 5.75 Å². The number of thioether (sulfide) groups is 1. The molecule has 0 bridgehead atoms. The predicted octanol–water partition coefficient (Wildman–Crippen LogP) is 6.69. The molecule has 2 unspecified atom stereocenters. The van der Waals surface area contributed by atoms with E-state index in [0.29, 0.717) is 22.2 Å². The number of hydrogen-bond donors (Lipinski definition) is 1. The van der Waals surface area contributed by atoms with Crippen molar-refractivity contribution in [3.05, 3.63) is 110 Å². The van der Waals surface area contributed by atoms with Crippen LogP contribution in [0, 0.1) is 10.1 Å². The van der Waals surface area contributed by atoms with Crippen LogP contribution in [0.2, 0.25) is 10.0 Å². The summed E-state index contributed by atoms with van der Waals surface area (Å²) in [4.78, 5) is 39.3. The molecule has 3 rings (SSSR count). The molecule has 0 aliphatic rings. The third kappa shape index (κ3) is 9.27. The van der Waals surface area contributed by atoms with Gasteiger partial charge in [-0.25, -0.2) is 0 Å². The Balaban J connectivity index is 1.85. The number of nitrogens with zero attached hydrogens (tertiary/aromatic N) is 2. The maximum Gasteiger partial charge on any atom is 0.269 e. The minimum Gasteiger partial charge on any atom is -0.352 e. The molecule has 0 heterocycles. The topological polar surface area (TPSA) is 92.6 Å². The second kappa shape index (κ2) is 14.9. The third-order valence-corrected chi connectivity index (χ3v) is 7.98. The van der Waals surface area contributed by atoms with Gasteiger partial charge in [-0.05, 0) is 42.2 Å². The van der Waals surface area contributed by atoms with Gasteiger partial charge in [0.1, 0.15) is 6.04 Å². The maximum atomic E-state index is 13.7. The van der Waals surface area contributed by atoms with E-state index in [1.807, 2.05) is 44.2 Å². The average molecular weight is 589 g/mol. The molecule has 206 valence electrons. The van der Waals surface area contributed by atoms with Crippen LogP contribution in [0.4, 0.5) is 5.69 Å². The number of halogens is 2. The van der Waals surface area contributed by atoms with Crippen molar-refractivity contribution in [3.8, 4) is 0 Å². The fourth-order valence-corrected chi connectivity index (χ4v) is 5.07. The summed E-state index contributed by atoms with van der Waals surface area (Å²) in [6.45, 7) is 4.10. The smallest absolute Gasteiger partial charge is 0.269 e. The number of hydrogen-bond acceptors (Lipinski definition) is 5. The summed E-state index contributed by atoms with van der Waals surface area (Å²) in [5, 5.41) is 14.7. The summed E-state index contributed by atoms with van der Waals surface area (Å²) in [6.07, 6.45) is 1.11. The number of non-ortho nitro benzene ring substituents is 1. The molecule has 3 aromatic carbocycles. The molecule has 10 heteroatoms. The standard InChI is InChI=1S/C29H31Cl2N3O4S/c1-3-20(2)32-29(36)27(16-21-7-5-4-6-8-21)33(17-23-11-14-25(30)26(31)15-23)28(35)19-39-18-22-9-12-24(13-10-22)34(37)38/h4-15,20,27H,3,16-19H2,1-2H3,(H,32,36). The van der Waals surface area contributed by atoms with Crippen LogP contribution in [0.5, 0.6) is 0 Å². The second-order valence-corrected chi connectivity index (χ2v) is 11.0. The van der Waals surface area contributed by atoms with Crippen LogP contribution in [0.25, 0.3) is 0 Å².